The number of rotatable bonds is 5. The second-order valence-corrected chi connectivity index (χ2v) is 10.7. The monoisotopic (exact) mass is 455 g/mol. The van der Waals surface area contributed by atoms with Crippen LogP contribution in [-0.2, 0) is 11.3 Å². The van der Waals surface area contributed by atoms with E-state index in [9.17, 15) is 9.59 Å². The molecule has 3 heterocycles. The maximum Gasteiger partial charge on any atom is 0.404 e. The number of piperidine rings is 1. The Kier molecular flexibility index (Phi) is 6.66. The van der Waals surface area contributed by atoms with Crippen LogP contribution in [0.4, 0.5) is 4.79 Å². The van der Waals surface area contributed by atoms with Crippen molar-refractivity contribution in [1.82, 2.24) is 14.5 Å². The molecule has 8 heteroatoms. The predicted octanol–water partition coefficient (Wildman–Crippen LogP) is 3.97. The van der Waals surface area contributed by atoms with E-state index in [1.807, 2.05) is 6.07 Å². The maximum absolute atomic E-state index is 12.3. The molecule has 1 saturated heterocycles. The summed E-state index contributed by atoms with van der Waals surface area (Å²) in [6.45, 7) is 8.99. The lowest BCUT2D eigenvalue weighted by Crippen LogP contribution is -2.44. The summed E-state index contributed by atoms with van der Waals surface area (Å²) in [5, 5.41) is 0.691. The highest BCUT2D eigenvalue weighted by atomic mass is 16.5. The predicted molar refractivity (Wildman–Crippen MR) is 128 cm³/mol. The van der Waals surface area contributed by atoms with Crippen molar-refractivity contribution in [3.8, 4) is 0 Å². The van der Waals surface area contributed by atoms with E-state index >= 15 is 0 Å². The number of nitrogens with two attached hydrogens (primary N) is 2. The molecule has 180 valence electrons. The van der Waals surface area contributed by atoms with Crippen LogP contribution in [0.1, 0.15) is 81.4 Å². The molecule has 1 aliphatic carbocycles. The number of fused-ring (bicyclic) bond motifs is 1. The fraction of sp³-hybridized carbons (Fsp3) is 0.640. The number of carbonyl (C=O) groups excluding carboxylic acids is 2. The zero-order chi connectivity index (χ0) is 23.8. The van der Waals surface area contributed by atoms with E-state index in [0.29, 0.717) is 33.7 Å². The van der Waals surface area contributed by atoms with Gasteiger partial charge in [-0.3, -0.25) is 4.79 Å². The standard InChI is InChI=1S/C25H37N5O3/c1-25(2,3)16-6-8-17(9-7-16)29-13-10-18(11-14-29)30-20(15-33-24(27)32)21(22(26)31)19-5-4-12-28-23(19)30/h4-5,12,16-18H,6-11,13-15H2,1-3H3,(H2,26,31)(H2,27,32). The molecule has 1 aliphatic heterocycles. The Morgan fingerprint density at radius 2 is 1.73 bits per heavy atom. The Hall–Kier alpha value is -2.61. The zero-order valence-corrected chi connectivity index (χ0v) is 20.0. The van der Waals surface area contributed by atoms with Crippen molar-refractivity contribution in [3.63, 3.8) is 0 Å². The average Bonchev–Trinajstić information content (AvgIpc) is 3.11. The van der Waals surface area contributed by atoms with Crippen molar-refractivity contribution >= 4 is 23.0 Å². The fourth-order valence-corrected chi connectivity index (χ4v) is 5.95. The van der Waals surface area contributed by atoms with Crippen LogP contribution in [0.15, 0.2) is 18.3 Å². The van der Waals surface area contributed by atoms with Gasteiger partial charge in [-0.25, -0.2) is 9.78 Å². The van der Waals surface area contributed by atoms with Gasteiger partial charge in [0.25, 0.3) is 5.91 Å². The van der Waals surface area contributed by atoms with Crippen molar-refractivity contribution < 1.29 is 14.3 Å². The summed E-state index contributed by atoms with van der Waals surface area (Å²) in [5.41, 5.74) is 13.0. The lowest BCUT2D eigenvalue weighted by atomic mass is 9.71. The second kappa shape index (κ2) is 9.33. The van der Waals surface area contributed by atoms with Crippen molar-refractivity contribution in [2.45, 2.75) is 78.0 Å². The van der Waals surface area contributed by atoms with E-state index in [4.69, 9.17) is 16.2 Å². The molecule has 2 aromatic heterocycles. The minimum atomic E-state index is -0.879. The number of likely N-dealkylation sites (tertiary alicyclic amines) is 1. The molecule has 0 atom stereocenters. The van der Waals surface area contributed by atoms with Crippen molar-refractivity contribution in [2.75, 3.05) is 13.1 Å². The number of amides is 2. The Balaban J connectivity index is 1.53. The van der Waals surface area contributed by atoms with Gasteiger partial charge in [0.15, 0.2) is 0 Å². The van der Waals surface area contributed by atoms with Gasteiger partial charge in [-0.2, -0.15) is 0 Å². The van der Waals surface area contributed by atoms with Gasteiger partial charge >= 0.3 is 6.09 Å². The molecule has 0 unspecified atom stereocenters. The first-order valence-corrected chi connectivity index (χ1v) is 12.1. The number of nitrogens with zero attached hydrogens (tertiary/aromatic N) is 3. The van der Waals surface area contributed by atoms with Gasteiger partial charge in [-0.1, -0.05) is 20.8 Å². The smallest absolute Gasteiger partial charge is 0.404 e. The summed E-state index contributed by atoms with van der Waals surface area (Å²) in [6.07, 6.45) is 7.87. The molecule has 2 fully saturated rings. The van der Waals surface area contributed by atoms with E-state index in [1.54, 1.807) is 12.3 Å². The first-order valence-electron chi connectivity index (χ1n) is 12.1. The summed E-state index contributed by atoms with van der Waals surface area (Å²) in [5.74, 6) is 0.256. The molecule has 0 radical (unpaired) electrons. The largest absolute Gasteiger partial charge is 0.443 e. The third-order valence-corrected chi connectivity index (χ3v) is 7.76. The van der Waals surface area contributed by atoms with E-state index in [0.717, 1.165) is 31.8 Å². The van der Waals surface area contributed by atoms with Crippen LogP contribution >= 0.6 is 0 Å². The molecule has 2 aliphatic rings. The number of hydrogen-bond acceptors (Lipinski definition) is 5. The first kappa shape index (κ1) is 23.5. The molecule has 4 rings (SSSR count). The lowest BCUT2D eigenvalue weighted by molar-refractivity contribution is 0.0711. The lowest BCUT2D eigenvalue weighted by Gasteiger charge is -2.43. The number of carbonyl (C=O) groups is 2. The molecular weight excluding hydrogens is 418 g/mol. The Labute approximate surface area is 195 Å². The number of ether oxygens (including phenoxy) is 1. The molecule has 4 N–H and O–H groups in total. The topological polar surface area (TPSA) is 116 Å². The highest BCUT2D eigenvalue weighted by molar-refractivity contribution is 6.07. The minimum Gasteiger partial charge on any atom is -0.443 e. The van der Waals surface area contributed by atoms with Crippen LogP contribution in [0.5, 0.6) is 0 Å². The van der Waals surface area contributed by atoms with Gasteiger partial charge in [0, 0.05) is 36.8 Å². The molecule has 0 aromatic carbocycles. The number of primary amides is 2. The van der Waals surface area contributed by atoms with E-state index < -0.39 is 12.0 Å². The SMILES string of the molecule is CC(C)(C)C1CCC(N2CCC(n3c(COC(N)=O)c(C(N)=O)c4cccnc43)CC2)CC1. The summed E-state index contributed by atoms with van der Waals surface area (Å²) >= 11 is 0. The molecule has 2 amide bonds. The van der Waals surface area contributed by atoms with E-state index in [-0.39, 0.29) is 12.6 Å². The number of pyridine rings is 1. The summed E-state index contributed by atoms with van der Waals surface area (Å²) < 4.78 is 7.17. The normalized spacial score (nSPS) is 23.0. The van der Waals surface area contributed by atoms with Crippen molar-refractivity contribution in [2.24, 2.45) is 22.8 Å². The van der Waals surface area contributed by atoms with Gasteiger partial charge in [-0.05, 0) is 62.0 Å². The average molecular weight is 456 g/mol. The second-order valence-electron chi connectivity index (χ2n) is 10.7. The highest BCUT2D eigenvalue weighted by Gasteiger charge is 2.35. The summed E-state index contributed by atoms with van der Waals surface area (Å²) in [4.78, 5) is 30.8. The van der Waals surface area contributed by atoms with Crippen LogP contribution in [0.25, 0.3) is 11.0 Å². The summed E-state index contributed by atoms with van der Waals surface area (Å²) in [6, 6.07) is 4.44. The molecule has 1 saturated carbocycles. The third kappa shape index (κ3) is 4.86. The highest BCUT2D eigenvalue weighted by Crippen LogP contribution is 2.40. The summed E-state index contributed by atoms with van der Waals surface area (Å²) in [7, 11) is 0. The number of aromatic nitrogens is 2. The minimum absolute atomic E-state index is 0.0962. The van der Waals surface area contributed by atoms with Gasteiger partial charge in [0.1, 0.15) is 12.3 Å². The molecule has 8 nitrogen and oxygen atoms in total. The van der Waals surface area contributed by atoms with Crippen molar-refractivity contribution in [3.05, 3.63) is 29.6 Å². The van der Waals surface area contributed by atoms with Crippen LogP contribution in [0.3, 0.4) is 0 Å². The molecular formula is C25H37N5O3. The van der Waals surface area contributed by atoms with Crippen LogP contribution in [0, 0.1) is 11.3 Å². The van der Waals surface area contributed by atoms with Crippen LogP contribution in [-0.4, -0.2) is 45.6 Å². The Morgan fingerprint density at radius 3 is 2.30 bits per heavy atom. The Morgan fingerprint density at radius 1 is 1.06 bits per heavy atom. The quantitative estimate of drug-likeness (QED) is 0.707. The van der Waals surface area contributed by atoms with E-state index in [1.165, 1.54) is 25.7 Å². The van der Waals surface area contributed by atoms with Gasteiger partial charge in [0.2, 0.25) is 0 Å². The number of hydrogen-bond donors (Lipinski definition) is 2. The van der Waals surface area contributed by atoms with Crippen molar-refractivity contribution in [1.29, 1.82) is 0 Å². The maximum atomic E-state index is 12.3. The fourth-order valence-electron chi connectivity index (χ4n) is 5.95. The van der Waals surface area contributed by atoms with Gasteiger partial charge in [-0.15, -0.1) is 0 Å². The van der Waals surface area contributed by atoms with E-state index in [2.05, 4.69) is 35.2 Å². The molecule has 2 aromatic rings. The first-order chi connectivity index (χ1) is 15.7. The third-order valence-electron chi connectivity index (χ3n) is 7.76. The van der Waals surface area contributed by atoms with Gasteiger partial charge < -0.3 is 25.7 Å². The van der Waals surface area contributed by atoms with Crippen LogP contribution in [0.2, 0.25) is 0 Å². The Bertz CT molecular complexity index is 1010. The van der Waals surface area contributed by atoms with Gasteiger partial charge in [0.05, 0.1) is 11.3 Å². The zero-order valence-electron chi connectivity index (χ0n) is 20.0. The van der Waals surface area contributed by atoms with Crippen LogP contribution < -0.4 is 11.5 Å². The molecule has 0 bridgehead atoms. The molecule has 0 spiro atoms. The molecule has 33 heavy (non-hydrogen) atoms.